The molecule has 0 bridgehead atoms. The number of nitrogens with one attached hydrogen (secondary N) is 2. The topological polar surface area (TPSA) is 101 Å². The summed E-state index contributed by atoms with van der Waals surface area (Å²) in [6.45, 7) is 3.14. The molecule has 0 saturated carbocycles. The van der Waals surface area contributed by atoms with E-state index in [2.05, 4.69) is 15.5 Å². The molecular formula is C28H31N5O3. The van der Waals surface area contributed by atoms with Gasteiger partial charge in [-0.05, 0) is 17.2 Å². The minimum absolute atomic E-state index is 0.220. The van der Waals surface area contributed by atoms with Crippen LogP contribution in [0.5, 0.6) is 11.5 Å². The van der Waals surface area contributed by atoms with E-state index in [-0.39, 0.29) is 5.78 Å². The Morgan fingerprint density at radius 3 is 2.06 bits per heavy atom. The van der Waals surface area contributed by atoms with Gasteiger partial charge in [-0.25, -0.2) is 4.99 Å². The normalized spacial score (nSPS) is 19.2. The van der Waals surface area contributed by atoms with Gasteiger partial charge in [0.05, 0.1) is 25.8 Å². The molecule has 8 heteroatoms. The van der Waals surface area contributed by atoms with Crippen LogP contribution in [0, 0.1) is 0 Å². The quantitative estimate of drug-likeness (QED) is 0.494. The van der Waals surface area contributed by atoms with Gasteiger partial charge in [0.1, 0.15) is 0 Å². The highest BCUT2D eigenvalue weighted by atomic mass is 16.5. The van der Waals surface area contributed by atoms with Gasteiger partial charge in [-0.2, -0.15) is 0 Å². The summed E-state index contributed by atoms with van der Waals surface area (Å²) < 4.78 is 11.1. The molecule has 36 heavy (non-hydrogen) atoms. The lowest BCUT2D eigenvalue weighted by atomic mass is 9.79. The highest BCUT2D eigenvalue weighted by Gasteiger charge is 2.46. The molecule has 0 spiro atoms. The molecule has 3 aromatic rings. The number of fused-ring (bicyclic) bond motifs is 1. The number of carbonyl (C=O) groups is 1. The standard InChI is InChI=1S/C28H31N5O3/c1-35-23-17-21-22(18-24(23)36-2)31-27(33-15-13-30-14-16-33)32-28(21,29)26(34)25(19-9-5-3-6-10-19)20-11-7-4-8-12-20/h3-12,17-18,25,30H,13-16,29H2,1-2H3,(H,31,32). The van der Waals surface area contributed by atoms with Gasteiger partial charge in [0, 0.05) is 37.8 Å². The van der Waals surface area contributed by atoms with Crippen molar-refractivity contribution in [2.75, 3.05) is 45.7 Å². The molecule has 1 atom stereocenters. The molecule has 4 N–H and O–H groups in total. The van der Waals surface area contributed by atoms with Crippen molar-refractivity contribution in [1.82, 2.24) is 10.2 Å². The number of guanidine groups is 1. The molecule has 2 aliphatic heterocycles. The Balaban J connectivity index is 1.69. The third kappa shape index (κ3) is 4.29. The molecule has 186 valence electrons. The van der Waals surface area contributed by atoms with Crippen LogP contribution in [0.2, 0.25) is 0 Å². The van der Waals surface area contributed by atoms with Gasteiger partial charge in [0.15, 0.2) is 22.9 Å². The molecule has 0 aliphatic carbocycles. The molecular weight excluding hydrogens is 454 g/mol. The van der Waals surface area contributed by atoms with Crippen LogP contribution >= 0.6 is 0 Å². The summed E-state index contributed by atoms with van der Waals surface area (Å²) in [5.41, 5.74) is 8.36. The molecule has 0 amide bonds. The van der Waals surface area contributed by atoms with Crippen LogP contribution in [-0.2, 0) is 10.5 Å². The van der Waals surface area contributed by atoms with Gasteiger partial charge in [-0.1, -0.05) is 60.7 Å². The van der Waals surface area contributed by atoms with Crippen LogP contribution in [0.15, 0.2) is 77.8 Å². The summed E-state index contributed by atoms with van der Waals surface area (Å²) in [4.78, 5) is 21.6. The van der Waals surface area contributed by atoms with Crippen LogP contribution in [0.25, 0.3) is 0 Å². The number of hydrogen-bond acceptors (Lipinski definition) is 8. The first-order valence-electron chi connectivity index (χ1n) is 12.1. The molecule has 2 heterocycles. The van der Waals surface area contributed by atoms with E-state index in [9.17, 15) is 4.79 Å². The van der Waals surface area contributed by atoms with Gasteiger partial charge in [-0.3, -0.25) is 10.5 Å². The van der Waals surface area contributed by atoms with E-state index >= 15 is 0 Å². The number of methoxy groups -OCH3 is 2. The number of anilines is 1. The maximum atomic E-state index is 14.6. The Morgan fingerprint density at radius 2 is 1.50 bits per heavy atom. The van der Waals surface area contributed by atoms with Crippen LogP contribution in [-0.4, -0.2) is 57.0 Å². The van der Waals surface area contributed by atoms with E-state index < -0.39 is 11.6 Å². The van der Waals surface area contributed by atoms with Crippen molar-refractivity contribution in [3.8, 4) is 11.5 Å². The Hall–Kier alpha value is -3.88. The van der Waals surface area contributed by atoms with Crippen molar-refractivity contribution in [1.29, 1.82) is 0 Å². The van der Waals surface area contributed by atoms with Gasteiger partial charge < -0.3 is 25.0 Å². The van der Waals surface area contributed by atoms with Crippen molar-refractivity contribution in [2.45, 2.75) is 11.6 Å². The van der Waals surface area contributed by atoms with Gasteiger partial charge in [-0.15, -0.1) is 0 Å². The number of Topliss-reactive ketones (excluding diaryl/α,β-unsaturated/α-hetero) is 1. The average molecular weight is 486 g/mol. The third-order valence-corrected chi connectivity index (χ3v) is 6.78. The second-order valence-electron chi connectivity index (χ2n) is 8.94. The smallest absolute Gasteiger partial charge is 0.201 e. The molecule has 1 saturated heterocycles. The number of aliphatic imine (C=N–C) groups is 1. The maximum absolute atomic E-state index is 14.6. The van der Waals surface area contributed by atoms with E-state index in [4.69, 9.17) is 20.2 Å². The fraction of sp³-hybridized carbons (Fsp3) is 0.286. The summed E-state index contributed by atoms with van der Waals surface area (Å²) in [6, 6.07) is 23.0. The first kappa shape index (κ1) is 23.8. The molecule has 2 aliphatic rings. The van der Waals surface area contributed by atoms with Crippen LogP contribution in [0.1, 0.15) is 22.6 Å². The van der Waals surface area contributed by atoms with E-state index in [0.717, 1.165) is 37.3 Å². The zero-order valence-electron chi connectivity index (χ0n) is 20.5. The van der Waals surface area contributed by atoms with E-state index in [1.165, 1.54) is 0 Å². The predicted octanol–water partition coefficient (Wildman–Crippen LogP) is 2.90. The fourth-order valence-corrected chi connectivity index (χ4v) is 4.89. The van der Waals surface area contributed by atoms with E-state index in [0.29, 0.717) is 28.7 Å². The van der Waals surface area contributed by atoms with Gasteiger partial charge in [0.2, 0.25) is 5.96 Å². The highest BCUT2D eigenvalue weighted by molar-refractivity contribution is 6.06. The summed E-state index contributed by atoms with van der Waals surface area (Å²) in [6.07, 6.45) is 0. The van der Waals surface area contributed by atoms with Crippen LogP contribution in [0.4, 0.5) is 5.69 Å². The van der Waals surface area contributed by atoms with Gasteiger partial charge >= 0.3 is 0 Å². The number of rotatable bonds is 6. The van der Waals surface area contributed by atoms with Crippen molar-refractivity contribution < 1.29 is 14.3 Å². The van der Waals surface area contributed by atoms with Crippen molar-refractivity contribution in [3.63, 3.8) is 0 Å². The highest BCUT2D eigenvalue weighted by Crippen LogP contribution is 2.43. The third-order valence-electron chi connectivity index (χ3n) is 6.78. The maximum Gasteiger partial charge on any atom is 0.201 e. The Kier molecular flexibility index (Phi) is 6.63. The summed E-state index contributed by atoms with van der Waals surface area (Å²) in [5, 5.41) is 6.75. The van der Waals surface area contributed by atoms with Crippen LogP contribution in [0.3, 0.4) is 0 Å². The average Bonchev–Trinajstić information content (AvgIpc) is 2.94. The molecule has 1 unspecified atom stereocenters. The predicted molar refractivity (Wildman–Crippen MR) is 141 cm³/mol. The number of nitrogens with two attached hydrogens (primary N) is 1. The molecule has 5 rings (SSSR count). The number of carbonyl (C=O) groups excluding carboxylic acids is 1. The monoisotopic (exact) mass is 485 g/mol. The van der Waals surface area contributed by atoms with E-state index in [1.807, 2.05) is 66.7 Å². The number of ketones is 1. The fourth-order valence-electron chi connectivity index (χ4n) is 4.89. The first-order valence-corrected chi connectivity index (χ1v) is 12.1. The first-order chi connectivity index (χ1) is 17.5. The van der Waals surface area contributed by atoms with E-state index in [1.54, 1.807) is 20.3 Å². The minimum atomic E-state index is -1.66. The lowest BCUT2D eigenvalue weighted by molar-refractivity contribution is -0.125. The number of benzene rings is 3. The zero-order valence-corrected chi connectivity index (χ0v) is 20.5. The van der Waals surface area contributed by atoms with Crippen molar-refractivity contribution >= 4 is 17.4 Å². The Labute approximate surface area is 211 Å². The second-order valence-corrected chi connectivity index (χ2v) is 8.94. The molecule has 0 radical (unpaired) electrons. The van der Waals surface area contributed by atoms with Crippen LogP contribution < -0.4 is 25.8 Å². The molecule has 3 aromatic carbocycles. The lowest BCUT2D eigenvalue weighted by Gasteiger charge is -2.39. The number of piperazine rings is 1. The van der Waals surface area contributed by atoms with Crippen molar-refractivity contribution in [3.05, 3.63) is 89.5 Å². The summed E-state index contributed by atoms with van der Waals surface area (Å²) in [5.74, 6) is 0.777. The molecule has 0 aromatic heterocycles. The summed E-state index contributed by atoms with van der Waals surface area (Å²) >= 11 is 0. The summed E-state index contributed by atoms with van der Waals surface area (Å²) in [7, 11) is 3.15. The number of nitrogens with zero attached hydrogens (tertiary/aromatic N) is 2. The zero-order chi connectivity index (χ0) is 25.1. The minimum Gasteiger partial charge on any atom is -0.493 e. The number of hydrogen-bond donors (Lipinski definition) is 3. The Morgan fingerprint density at radius 1 is 0.944 bits per heavy atom. The second kappa shape index (κ2) is 10.0. The number of ether oxygens (including phenoxy) is 2. The van der Waals surface area contributed by atoms with Crippen molar-refractivity contribution in [2.24, 2.45) is 10.7 Å². The lowest BCUT2D eigenvalue weighted by Crippen LogP contribution is -2.55. The molecule has 1 fully saturated rings. The Bertz CT molecular complexity index is 1220. The van der Waals surface area contributed by atoms with Gasteiger partial charge in [0.25, 0.3) is 0 Å². The SMILES string of the molecule is COc1cc2c(cc1OC)C(N)(C(=O)C(c1ccccc1)c1ccccc1)N=C(N1CCNCC1)N2. The molecule has 8 nitrogen and oxygen atoms in total. The largest absolute Gasteiger partial charge is 0.493 e.